The summed E-state index contributed by atoms with van der Waals surface area (Å²) in [6.45, 7) is 0. The predicted octanol–water partition coefficient (Wildman–Crippen LogP) is 1.80. The molecule has 98 valence electrons. The van der Waals surface area contributed by atoms with Gasteiger partial charge in [0, 0.05) is 12.1 Å². The molecule has 19 heavy (non-hydrogen) atoms. The van der Waals surface area contributed by atoms with Crippen molar-refractivity contribution in [3.8, 4) is 11.1 Å². The maximum atomic E-state index is 11.1. The van der Waals surface area contributed by atoms with Crippen LogP contribution in [0.2, 0.25) is 0 Å². The number of sulfonamides is 1. The third-order valence-electron chi connectivity index (χ3n) is 2.60. The predicted molar refractivity (Wildman–Crippen MR) is 68.3 cm³/mol. The van der Waals surface area contributed by atoms with E-state index in [1.807, 2.05) is 0 Å². The quantitative estimate of drug-likeness (QED) is 0.836. The minimum Gasteiger partial charge on any atom is -0.241 e. The molecule has 7 heteroatoms. The molecule has 2 rings (SSSR count). The van der Waals surface area contributed by atoms with E-state index in [4.69, 9.17) is 10.3 Å². The first-order valence-corrected chi connectivity index (χ1v) is 6.82. The van der Waals surface area contributed by atoms with Gasteiger partial charge in [-0.05, 0) is 35.4 Å². The highest BCUT2D eigenvalue weighted by molar-refractivity contribution is 7.89. The largest absolute Gasteiger partial charge is 0.316 e. The van der Waals surface area contributed by atoms with Gasteiger partial charge >= 0.3 is 5.69 Å². The van der Waals surface area contributed by atoms with Gasteiger partial charge in [-0.3, -0.25) is 0 Å². The van der Waals surface area contributed by atoms with Crippen LogP contribution in [0.1, 0.15) is 0 Å². The minimum atomic E-state index is -3.70. The number of hydrogen-bond donors (Lipinski definition) is 2. The Bertz CT molecular complexity index is 706. The highest BCUT2D eigenvalue weighted by Gasteiger charge is 2.11. The molecule has 6 nitrogen and oxygen atoms in total. The first-order valence-electron chi connectivity index (χ1n) is 5.27. The number of nitrogens with zero attached hydrogens (tertiary/aromatic N) is 1. The maximum absolute atomic E-state index is 11.1. The van der Waals surface area contributed by atoms with Crippen molar-refractivity contribution in [2.24, 2.45) is 5.14 Å². The zero-order valence-electron chi connectivity index (χ0n) is 9.72. The van der Waals surface area contributed by atoms with Gasteiger partial charge in [-0.1, -0.05) is 12.1 Å². The molecule has 0 spiro atoms. The summed E-state index contributed by atoms with van der Waals surface area (Å²) in [5.41, 5.74) is 1.67. The Hall–Kier alpha value is -2.25. The summed E-state index contributed by atoms with van der Waals surface area (Å²) in [5, 5.41) is 13.7. The zero-order chi connectivity index (χ0) is 14.0. The third-order valence-corrected chi connectivity index (χ3v) is 3.53. The smallest absolute Gasteiger partial charge is 0.241 e. The first kappa shape index (κ1) is 13.2. The van der Waals surface area contributed by atoms with E-state index in [1.165, 1.54) is 24.3 Å². The average molecular weight is 279 g/mol. The molecule has 0 saturated carbocycles. The first-order chi connectivity index (χ1) is 8.88. The molecule has 2 aromatic carbocycles. The van der Waals surface area contributed by atoms with Gasteiger partial charge in [0.15, 0.2) is 0 Å². The van der Waals surface area contributed by atoms with Crippen LogP contribution in [0.3, 0.4) is 0 Å². The van der Waals surface area contributed by atoms with Crippen molar-refractivity contribution in [2.75, 3.05) is 0 Å². The lowest BCUT2D eigenvalue weighted by molar-refractivity contribution is -0.729. The van der Waals surface area contributed by atoms with E-state index in [0.717, 1.165) is 11.1 Å². The lowest BCUT2D eigenvalue weighted by Gasteiger charge is -2.02. The molecule has 0 unspecified atom stereocenters. The average Bonchev–Trinajstić information content (AvgIpc) is 2.38. The van der Waals surface area contributed by atoms with Gasteiger partial charge in [0.05, 0.1) is 9.80 Å². The Morgan fingerprint density at radius 2 is 1.32 bits per heavy atom. The van der Waals surface area contributed by atoms with Gasteiger partial charge in [0.2, 0.25) is 10.0 Å². The second-order valence-electron chi connectivity index (χ2n) is 3.89. The van der Waals surface area contributed by atoms with Gasteiger partial charge in [-0.15, -0.1) is 0 Å². The van der Waals surface area contributed by atoms with E-state index >= 15 is 0 Å². The Balaban J connectivity index is 2.35. The van der Waals surface area contributed by atoms with Crippen molar-refractivity contribution in [3.63, 3.8) is 0 Å². The number of benzene rings is 2. The van der Waals surface area contributed by atoms with Crippen LogP contribution in [0.4, 0.5) is 5.69 Å². The Labute approximate surface area is 109 Å². The standard InChI is InChI=1S/C12H11N2O4S/c13-19(17,18)12-7-3-10(4-8-12)9-1-5-11(6-2-9)14(15)16/h1-8H,(H,15,16)(H2,13,17,18)/q+1. The van der Waals surface area contributed by atoms with E-state index < -0.39 is 10.0 Å². The van der Waals surface area contributed by atoms with Crippen molar-refractivity contribution >= 4 is 15.7 Å². The third kappa shape index (κ3) is 2.95. The Morgan fingerprint density at radius 3 is 1.68 bits per heavy atom. The van der Waals surface area contributed by atoms with Crippen LogP contribution in [0.5, 0.6) is 0 Å². The Morgan fingerprint density at radius 1 is 0.895 bits per heavy atom. The van der Waals surface area contributed by atoms with E-state index in [2.05, 4.69) is 0 Å². The van der Waals surface area contributed by atoms with Crippen molar-refractivity contribution in [1.82, 2.24) is 0 Å². The van der Waals surface area contributed by atoms with Gasteiger partial charge in [0.1, 0.15) is 0 Å². The van der Waals surface area contributed by atoms with E-state index in [0.29, 0.717) is 0 Å². The van der Waals surface area contributed by atoms with E-state index in [1.54, 1.807) is 24.3 Å². The van der Waals surface area contributed by atoms with Crippen LogP contribution in [0.15, 0.2) is 53.4 Å². The van der Waals surface area contributed by atoms with Gasteiger partial charge in [0.25, 0.3) is 4.92 Å². The number of rotatable bonds is 3. The molecule has 0 aromatic heterocycles. The van der Waals surface area contributed by atoms with E-state index in [9.17, 15) is 13.3 Å². The molecule has 0 saturated heterocycles. The number of hydrogen-bond acceptors (Lipinski definition) is 3. The maximum Gasteiger partial charge on any atom is 0.316 e. The molecule has 0 bridgehead atoms. The molecule has 0 amide bonds. The van der Waals surface area contributed by atoms with Crippen LogP contribution in [0.25, 0.3) is 11.1 Å². The van der Waals surface area contributed by atoms with Crippen LogP contribution in [0, 0.1) is 4.91 Å². The lowest BCUT2D eigenvalue weighted by atomic mass is 10.1. The SMILES string of the molecule is NS(=O)(=O)c1ccc(-c2ccc([N+](=O)O)cc2)cc1. The molecule has 0 heterocycles. The molecular weight excluding hydrogens is 268 g/mol. The summed E-state index contributed by atoms with van der Waals surface area (Å²) in [5.74, 6) is 0. The highest BCUT2D eigenvalue weighted by atomic mass is 32.2. The molecule has 2 aromatic rings. The lowest BCUT2D eigenvalue weighted by Crippen LogP contribution is -2.11. The topological polar surface area (TPSA) is 100 Å². The van der Waals surface area contributed by atoms with Gasteiger partial charge < -0.3 is 0 Å². The van der Waals surface area contributed by atoms with Crippen LogP contribution in [-0.4, -0.2) is 18.5 Å². The summed E-state index contributed by atoms with van der Waals surface area (Å²) in [6, 6.07) is 12.2. The Kier molecular flexibility index (Phi) is 3.32. The fourth-order valence-corrected chi connectivity index (χ4v) is 2.13. The van der Waals surface area contributed by atoms with Crippen LogP contribution >= 0.6 is 0 Å². The molecule has 0 aliphatic heterocycles. The number of primary sulfonamides is 1. The molecule has 3 N–H and O–H groups in total. The number of nitrogens with two attached hydrogens (primary N) is 1. The van der Waals surface area contributed by atoms with Crippen molar-refractivity contribution in [3.05, 3.63) is 53.4 Å². The fraction of sp³-hybridized carbons (Fsp3) is 0. The van der Waals surface area contributed by atoms with Crippen molar-refractivity contribution < 1.29 is 18.5 Å². The summed E-state index contributed by atoms with van der Waals surface area (Å²) in [6.07, 6.45) is 0. The van der Waals surface area contributed by atoms with Gasteiger partial charge in [-0.2, -0.15) is 0 Å². The summed E-state index contributed by atoms with van der Waals surface area (Å²) >= 11 is 0. The van der Waals surface area contributed by atoms with Gasteiger partial charge in [-0.25, -0.2) is 18.8 Å². The fourth-order valence-electron chi connectivity index (χ4n) is 1.62. The normalized spacial score (nSPS) is 11.2. The van der Waals surface area contributed by atoms with Crippen LogP contribution < -0.4 is 5.14 Å². The van der Waals surface area contributed by atoms with Crippen molar-refractivity contribution in [2.45, 2.75) is 4.90 Å². The minimum absolute atomic E-state index is 0.0361. The van der Waals surface area contributed by atoms with E-state index in [-0.39, 0.29) is 15.5 Å². The highest BCUT2D eigenvalue weighted by Crippen LogP contribution is 2.23. The molecule has 0 atom stereocenters. The van der Waals surface area contributed by atoms with Crippen LogP contribution in [-0.2, 0) is 10.0 Å². The zero-order valence-corrected chi connectivity index (χ0v) is 10.5. The second kappa shape index (κ2) is 4.79. The van der Waals surface area contributed by atoms with Crippen molar-refractivity contribution in [1.29, 1.82) is 0 Å². The summed E-state index contributed by atoms with van der Waals surface area (Å²) in [7, 11) is -3.70. The summed E-state index contributed by atoms with van der Waals surface area (Å²) < 4.78 is 22.2. The molecular formula is C12H11N2O4S+. The second-order valence-corrected chi connectivity index (χ2v) is 5.45. The summed E-state index contributed by atoms with van der Waals surface area (Å²) in [4.78, 5) is 10.4. The molecule has 0 fully saturated rings. The molecule has 0 aliphatic rings. The molecule has 0 radical (unpaired) electrons. The molecule has 0 aliphatic carbocycles. The monoisotopic (exact) mass is 279 g/mol.